The lowest BCUT2D eigenvalue weighted by Gasteiger charge is -2.41. The summed E-state index contributed by atoms with van der Waals surface area (Å²) in [6.45, 7) is 2.44. The van der Waals surface area contributed by atoms with E-state index in [1.165, 1.54) is 4.90 Å². The van der Waals surface area contributed by atoms with Gasteiger partial charge in [-0.3, -0.25) is 0 Å². The number of likely N-dealkylation sites (tertiary alicyclic amines) is 1. The molecule has 0 bridgehead atoms. The molecule has 0 spiro atoms. The number of nitrogens with one attached hydrogen (secondary N) is 1. The molecule has 2 fully saturated rings. The monoisotopic (exact) mass is 298 g/mol. The maximum absolute atomic E-state index is 12.4. The number of carbonyl (C=O) groups excluding carboxylic acids is 2. The molecule has 1 atom stereocenters. The van der Waals surface area contributed by atoms with Crippen molar-refractivity contribution in [3.63, 3.8) is 0 Å². The zero-order valence-corrected chi connectivity index (χ0v) is 12.3. The summed E-state index contributed by atoms with van der Waals surface area (Å²) in [5.41, 5.74) is -1.16. The van der Waals surface area contributed by atoms with E-state index in [0.717, 1.165) is 19.3 Å². The van der Waals surface area contributed by atoms with Gasteiger partial charge in [0.05, 0.1) is 6.61 Å². The first-order valence-electron chi connectivity index (χ1n) is 7.49. The number of hydrogen-bond acceptors (Lipinski definition) is 4. The minimum absolute atomic E-state index is 0.268. The maximum atomic E-state index is 12.4. The van der Waals surface area contributed by atoms with Crippen LogP contribution < -0.4 is 5.32 Å². The summed E-state index contributed by atoms with van der Waals surface area (Å²) in [7, 11) is 0. The second-order valence-corrected chi connectivity index (χ2v) is 5.63. The fourth-order valence-corrected chi connectivity index (χ4v) is 2.86. The molecule has 0 aromatic carbocycles. The predicted octanol–water partition coefficient (Wildman–Crippen LogP) is 1.12. The van der Waals surface area contributed by atoms with Crippen LogP contribution >= 0.6 is 0 Å². The number of rotatable bonds is 4. The highest BCUT2D eigenvalue weighted by atomic mass is 16.5. The van der Waals surface area contributed by atoms with Gasteiger partial charge in [-0.05, 0) is 45.4 Å². The highest BCUT2D eigenvalue weighted by Crippen LogP contribution is 2.32. The van der Waals surface area contributed by atoms with Crippen LogP contribution in [0.1, 0.15) is 45.4 Å². The molecule has 1 saturated heterocycles. The summed E-state index contributed by atoms with van der Waals surface area (Å²) in [5, 5.41) is 11.9. The van der Waals surface area contributed by atoms with E-state index >= 15 is 0 Å². The lowest BCUT2D eigenvalue weighted by atomic mass is 9.77. The van der Waals surface area contributed by atoms with E-state index in [1.54, 1.807) is 6.92 Å². The molecule has 1 aliphatic heterocycles. The van der Waals surface area contributed by atoms with E-state index in [9.17, 15) is 19.5 Å². The normalized spacial score (nSPS) is 23.9. The molecule has 1 saturated carbocycles. The van der Waals surface area contributed by atoms with Gasteiger partial charge in [0.1, 0.15) is 11.6 Å². The standard InChI is InChI=1S/C14H22N2O5/c1-2-21-11(17)10-6-3-4-9-16(10)13(20)15-14(12(18)19)7-5-8-14/h10H,2-9H2,1H3,(H,15,20)(H,18,19). The molecule has 1 heterocycles. The topological polar surface area (TPSA) is 95.9 Å². The number of aliphatic carboxylic acids is 1. The third kappa shape index (κ3) is 3.11. The van der Waals surface area contributed by atoms with Crippen molar-refractivity contribution < 1.29 is 24.2 Å². The van der Waals surface area contributed by atoms with Gasteiger partial charge in [0.15, 0.2) is 0 Å². The molecule has 1 unspecified atom stereocenters. The smallest absolute Gasteiger partial charge is 0.329 e. The molecule has 7 heteroatoms. The van der Waals surface area contributed by atoms with Crippen LogP contribution in [-0.4, -0.2) is 52.7 Å². The van der Waals surface area contributed by atoms with Crippen molar-refractivity contribution in [3.8, 4) is 0 Å². The molecule has 0 aromatic heterocycles. The molecule has 2 rings (SSSR count). The maximum Gasteiger partial charge on any atom is 0.329 e. The second kappa shape index (κ2) is 6.32. The first-order valence-corrected chi connectivity index (χ1v) is 7.49. The van der Waals surface area contributed by atoms with Crippen LogP contribution in [0.15, 0.2) is 0 Å². The van der Waals surface area contributed by atoms with Gasteiger partial charge in [0.25, 0.3) is 0 Å². The predicted molar refractivity (Wildman–Crippen MR) is 73.7 cm³/mol. The van der Waals surface area contributed by atoms with Crippen molar-refractivity contribution in [2.75, 3.05) is 13.2 Å². The third-order valence-corrected chi connectivity index (χ3v) is 4.29. The molecule has 1 aliphatic carbocycles. The average molecular weight is 298 g/mol. The fourth-order valence-electron chi connectivity index (χ4n) is 2.86. The van der Waals surface area contributed by atoms with Gasteiger partial charge in [0.2, 0.25) is 0 Å². The van der Waals surface area contributed by atoms with Gasteiger partial charge in [-0.2, -0.15) is 0 Å². The molecule has 2 aliphatic rings. The second-order valence-electron chi connectivity index (χ2n) is 5.63. The summed E-state index contributed by atoms with van der Waals surface area (Å²) in [6.07, 6.45) is 3.89. The van der Waals surface area contributed by atoms with Crippen LogP contribution in [0.3, 0.4) is 0 Å². The largest absolute Gasteiger partial charge is 0.480 e. The Morgan fingerprint density at radius 2 is 2.00 bits per heavy atom. The highest BCUT2D eigenvalue weighted by molar-refractivity contribution is 5.89. The number of hydrogen-bond donors (Lipinski definition) is 2. The van der Waals surface area contributed by atoms with Gasteiger partial charge in [-0.1, -0.05) is 0 Å². The lowest BCUT2D eigenvalue weighted by Crippen LogP contribution is -2.63. The SMILES string of the molecule is CCOC(=O)C1CCCCN1C(=O)NC1(C(=O)O)CCC1. The van der Waals surface area contributed by atoms with Crippen molar-refractivity contribution >= 4 is 18.0 Å². The molecule has 7 nitrogen and oxygen atoms in total. The Labute approximate surface area is 123 Å². The van der Waals surface area contributed by atoms with Crippen LogP contribution in [0.25, 0.3) is 0 Å². The summed E-state index contributed by atoms with van der Waals surface area (Å²) in [4.78, 5) is 37.0. The Hall–Kier alpha value is -1.79. The van der Waals surface area contributed by atoms with E-state index in [-0.39, 0.29) is 6.61 Å². The van der Waals surface area contributed by atoms with E-state index < -0.39 is 29.6 Å². The summed E-state index contributed by atoms with van der Waals surface area (Å²) >= 11 is 0. The van der Waals surface area contributed by atoms with Gasteiger partial charge < -0.3 is 20.1 Å². The molecule has 0 aromatic rings. The Bertz CT molecular complexity index is 433. The van der Waals surface area contributed by atoms with Crippen molar-refractivity contribution in [1.82, 2.24) is 10.2 Å². The lowest BCUT2D eigenvalue weighted by molar-refractivity contribution is -0.149. The third-order valence-electron chi connectivity index (χ3n) is 4.29. The molecular formula is C14H22N2O5. The van der Waals surface area contributed by atoms with Crippen LogP contribution in [0.4, 0.5) is 4.79 Å². The number of carboxylic acid groups (broad SMARTS) is 1. The van der Waals surface area contributed by atoms with Crippen molar-refractivity contribution in [3.05, 3.63) is 0 Å². The van der Waals surface area contributed by atoms with Gasteiger partial charge in [-0.15, -0.1) is 0 Å². The number of amides is 2. The number of piperidine rings is 1. The molecule has 0 radical (unpaired) electrons. The quantitative estimate of drug-likeness (QED) is 0.758. The zero-order chi connectivity index (χ0) is 15.5. The van der Waals surface area contributed by atoms with Crippen molar-refractivity contribution in [2.45, 2.75) is 57.0 Å². The molecule has 2 N–H and O–H groups in total. The average Bonchev–Trinajstić information content (AvgIpc) is 2.42. The molecule has 118 valence electrons. The van der Waals surface area contributed by atoms with E-state index in [2.05, 4.69) is 5.32 Å². The number of carboxylic acids is 1. The van der Waals surface area contributed by atoms with Crippen LogP contribution in [0, 0.1) is 0 Å². The van der Waals surface area contributed by atoms with Crippen molar-refractivity contribution in [1.29, 1.82) is 0 Å². The Morgan fingerprint density at radius 1 is 1.29 bits per heavy atom. The molecular weight excluding hydrogens is 276 g/mol. The fraction of sp³-hybridized carbons (Fsp3) is 0.786. The van der Waals surface area contributed by atoms with Gasteiger partial charge in [-0.25, -0.2) is 14.4 Å². The zero-order valence-electron chi connectivity index (χ0n) is 12.3. The minimum atomic E-state index is -1.16. The molecule has 2 amide bonds. The Morgan fingerprint density at radius 3 is 2.52 bits per heavy atom. The van der Waals surface area contributed by atoms with Crippen LogP contribution in [0.2, 0.25) is 0 Å². The van der Waals surface area contributed by atoms with Crippen LogP contribution in [0.5, 0.6) is 0 Å². The summed E-state index contributed by atoms with van der Waals surface area (Å²) < 4.78 is 5.00. The van der Waals surface area contributed by atoms with E-state index in [0.29, 0.717) is 25.8 Å². The minimum Gasteiger partial charge on any atom is -0.480 e. The van der Waals surface area contributed by atoms with Gasteiger partial charge >= 0.3 is 18.0 Å². The number of ether oxygens (including phenoxy) is 1. The Kier molecular flexibility index (Phi) is 4.69. The first-order chi connectivity index (χ1) is 10.00. The number of urea groups is 1. The number of nitrogens with zero attached hydrogens (tertiary/aromatic N) is 1. The first kappa shape index (κ1) is 15.6. The summed E-state index contributed by atoms with van der Waals surface area (Å²) in [5.74, 6) is -1.42. The van der Waals surface area contributed by atoms with Gasteiger partial charge in [0, 0.05) is 6.54 Å². The van der Waals surface area contributed by atoms with E-state index in [1.807, 2.05) is 0 Å². The number of carbonyl (C=O) groups is 3. The summed E-state index contributed by atoms with van der Waals surface area (Å²) in [6, 6.07) is -1.08. The Balaban J connectivity index is 2.05. The molecule has 21 heavy (non-hydrogen) atoms. The highest BCUT2D eigenvalue weighted by Gasteiger charge is 2.47. The van der Waals surface area contributed by atoms with Crippen LogP contribution in [-0.2, 0) is 14.3 Å². The van der Waals surface area contributed by atoms with E-state index in [4.69, 9.17) is 4.74 Å². The van der Waals surface area contributed by atoms with Crippen molar-refractivity contribution in [2.24, 2.45) is 0 Å². The number of esters is 1.